The van der Waals surface area contributed by atoms with E-state index >= 15 is 0 Å². The summed E-state index contributed by atoms with van der Waals surface area (Å²) in [4.78, 5) is 13.5. The van der Waals surface area contributed by atoms with Crippen molar-refractivity contribution < 1.29 is 14.3 Å². The minimum absolute atomic E-state index is 0.0625. The fourth-order valence-electron chi connectivity index (χ4n) is 3.56. The summed E-state index contributed by atoms with van der Waals surface area (Å²) in [6, 6.07) is 2.98. The van der Waals surface area contributed by atoms with Crippen LogP contribution in [0.15, 0.2) is 10.5 Å². The lowest BCUT2D eigenvalue weighted by Crippen LogP contribution is -2.44. The molecule has 2 N–H and O–H groups in total. The molecule has 2 aliphatic heterocycles. The second-order valence-corrected chi connectivity index (χ2v) is 5.91. The summed E-state index contributed by atoms with van der Waals surface area (Å²) in [5, 5.41) is 12.5. The van der Waals surface area contributed by atoms with Crippen LogP contribution < -0.4 is 5.32 Å². The highest BCUT2D eigenvalue weighted by Gasteiger charge is 2.35. The van der Waals surface area contributed by atoms with Crippen LogP contribution >= 0.6 is 0 Å². The van der Waals surface area contributed by atoms with E-state index in [1.165, 1.54) is 38.8 Å². The van der Waals surface area contributed by atoms with E-state index in [1.54, 1.807) is 6.92 Å². The maximum atomic E-state index is 11.0. The Labute approximate surface area is 118 Å². The molecule has 2 aliphatic rings. The first-order chi connectivity index (χ1) is 9.65. The first-order valence-electron chi connectivity index (χ1n) is 7.45. The van der Waals surface area contributed by atoms with Gasteiger partial charge in [-0.1, -0.05) is 6.42 Å². The van der Waals surface area contributed by atoms with Crippen molar-refractivity contribution in [2.24, 2.45) is 0 Å². The monoisotopic (exact) mass is 278 g/mol. The van der Waals surface area contributed by atoms with Crippen LogP contribution in [-0.4, -0.2) is 41.1 Å². The molecule has 20 heavy (non-hydrogen) atoms. The molecule has 5 nitrogen and oxygen atoms in total. The van der Waals surface area contributed by atoms with Crippen LogP contribution in [0.4, 0.5) is 0 Å². The Hall–Kier alpha value is -1.33. The normalized spacial score (nSPS) is 26.6. The van der Waals surface area contributed by atoms with Gasteiger partial charge in [-0.25, -0.2) is 4.79 Å². The van der Waals surface area contributed by atoms with Crippen LogP contribution in [0.25, 0.3) is 0 Å². The molecule has 2 saturated heterocycles. The predicted octanol–water partition coefficient (Wildman–Crippen LogP) is 2.00. The summed E-state index contributed by atoms with van der Waals surface area (Å²) in [5.74, 6) is -0.213. The third kappa shape index (κ3) is 2.60. The first kappa shape index (κ1) is 13.6. The van der Waals surface area contributed by atoms with Crippen LogP contribution in [-0.2, 0) is 6.54 Å². The number of nitrogens with zero attached hydrogens (tertiary/aromatic N) is 1. The standard InChI is InChI=1S/C15H22N2O3/c1-10-8-11(20-14(10)15(18)19)9-16-12-5-7-17-6-3-2-4-13(12)17/h8,12-13,16H,2-7,9H2,1H3,(H,18,19). The van der Waals surface area contributed by atoms with Crippen molar-refractivity contribution in [1.29, 1.82) is 0 Å². The van der Waals surface area contributed by atoms with Crippen molar-refractivity contribution in [2.75, 3.05) is 13.1 Å². The molecule has 2 unspecified atom stereocenters. The Kier molecular flexibility index (Phi) is 3.81. The van der Waals surface area contributed by atoms with Gasteiger partial charge in [0.25, 0.3) is 0 Å². The predicted molar refractivity (Wildman–Crippen MR) is 74.9 cm³/mol. The summed E-state index contributed by atoms with van der Waals surface area (Å²) in [6.45, 7) is 4.80. The third-order valence-electron chi connectivity index (χ3n) is 4.56. The second kappa shape index (κ2) is 5.58. The Morgan fingerprint density at radius 3 is 3.05 bits per heavy atom. The number of nitrogens with one attached hydrogen (secondary N) is 1. The lowest BCUT2D eigenvalue weighted by Gasteiger charge is -2.32. The van der Waals surface area contributed by atoms with Gasteiger partial charge < -0.3 is 14.8 Å². The molecular formula is C15H22N2O3. The number of fused-ring (bicyclic) bond motifs is 1. The van der Waals surface area contributed by atoms with Crippen molar-refractivity contribution >= 4 is 5.97 Å². The second-order valence-electron chi connectivity index (χ2n) is 5.91. The van der Waals surface area contributed by atoms with Gasteiger partial charge in [0.2, 0.25) is 5.76 Å². The van der Waals surface area contributed by atoms with E-state index in [0.29, 0.717) is 30.0 Å². The minimum Gasteiger partial charge on any atom is -0.475 e. The fourth-order valence-corrected chi connectivity index (χ4v) is 3.56. The molecule has 1 aromatic heterocycles. The molecule has 3 rings (SSSR count). The Bertz CT molecular complexity index is 497. The number of aryl methyl sites for hydroxylation is 1. The molecule has 0 amide bonds. The Morgan fingerprint density at radius 2 is 2.30 bits per heavy atom. The SMILES string of the molecule is Cc1cc(CNC2CCN3CCCCC23)oc1C(=O)O. The van der Waals surface area contributed by atoms with E-state index in [2.05, 4.69) is 10.2 Å². The van der Waals surface area contributed by atoms with E-state index in [0.717, 1.165) is 0 Å². The van der Waals surface area contributed by atoms with E-state index in [4.69, 9.17) is 9.52 Å². The van der Waals surface area contributed by atoms with Crippen molar-refractivity contribution in [2.45, 2.75) is 51.2 Å². The third-order valence-corrected chi connectivity index (χ3v) is 4.56. The van der Waals surface area contributed by atoms with Gasteiger partial charge in [-0.2, -0.15) is 0 Å². The van der Waals surface area contributed by atoms with Gasteiger partial charge in [-0.05, 0) is 38.8 Å². The quantitative estimate of drug-likeness (QED) is 0.882. The molecule has 0 saturated carbocycles. The van der Waals surface area contributed by atoms with Crippen molar-refractivity contribution in [1.82, 2.24) is 10.2 Å². The summed E-state index contributed by atoms with van der Waals surface area (Å²) >= 11 is 0. The van der Waals surface area contributed by atoms with Crippen molar-refractivity contribution in [3.8, 4) is 0 Å². The van der Waals surface area contributed by atoms with Crippen LogP contribution in [0.3, 0.4) is 0 Å². The maximum Gasteiger partial charge on any atom is 0.372 e. The number of carboxylic acids is 1. The van der Waals surface area contributed by atoms with Crippen LogP contribution in [0.2, 0.25) is 0 Å². The molecule has 0 bridgehead atoms. The van der Waals surface area contributed by atoms with Crippen LogP contribution in [0, 0.1) is 6.92 Å². The summed E-state index contributed by atoms with van der Waals surface area (Å²) in [7, 11) is 0. The van der Waals surface area contributed by atoms with Gasteiger partial charge >= 0.3 is 5.97 Å². The largest absolute Gasteiger partial charge is 0.475 e. The minimum atomic E-state index is -0.993. The number of hydrogen-bond acceptors (Lipinski definition) is 4. The van der Waals surface area contributed by atoms with Gasteiger partial charge in [-0.15, -0.1) is 0 Å². The smallest absolute Gasteiger partial charge is 0.372 e. The molecule has 2 atom stereocenters. The van der Waals surface area contributed by atoms with Crippen molar-refractivity contribution in [3.05, 3.63) is 23.2 Å². The number of rotatable bonds is 4. The molecule has 1 aromatic rings. The Balaban J connectivity index is 1.59. The van der Waals surface area contributed by atoms with E-state index < -0.39 is 5.97 Å². The molecule has 0 radical (unpaired) electrons. The summed E-state index contributed by atoms with van der Waals surface area (Å²) in [5.41, 5.74) is 0.694. The van der Waals surface area contributed by atoms with E-state index in [1.807, 2.05) is 6.07 Å². The van der Waals surface area contributed by atoms with Gasteiger partial charge in [-0.3, -0.25) is 4.90 Å². The topological polar surface area (TPSA) is 65.7 Å². The van der Waals surface area contributed by atoms with E-state index in [9.17, 15) is 4.79 Å². The highest BCUT2D eigenvalue weighted by atomic mass is 16.4. The molecule has 0 aromatic carbocycles. The average molecular weight is 278 g/mol. The number of aromatic carboxylic acids is 1. The first-order valence-corrected chi connectivity index (χ1v) is 7.45. The molecule has 0 aliphatic carbocycles. The Morgan fingerprint density at radius 1 is 1.45 bits per heavy atom. The van der Waals surface area contributed by atoms with Crippen LogP contribution in [0.5, 0.6) is 0 Å². The van der Waals surface area contributed by atoms with Gasteiger partial charge in [0.05, 0.1) is 6.54 Å². The molecule has 3 heterocycles. The zero-order chi connectivity index (χ0) is 14.1. The lowest BCUT2D eigenvalue weighted by atomic mass is 9.99. The molecule has 2 fully saturated rings. The molecule has 0 spiro atoms. The summed E-state index contributed by atoms with van der Waals surface area (Å²) in [6.07, 6.45) is 5.09. The molecule has 5 heteroatoms. The van der Waals surface area contributed by atoms with Gasteiger partial charge in [0.15, 0.2) is 0 Å². The highest BCUT2D eigenvalue weighted by molar-refractivity contribution is 5.86. The zero-order valence-corrected chi connectivity index (χ0v) is 11.9. The van der Waals surface area contributed by atoms with Gasteiger partial charge in [0.1, 0.15) is 5.76 Å². The maximum absolute atomic E-state index is 11.0. The summed E-state index contributed by atoms with van der Waals surface area (Å²) < 4.78 is 5.40. The zero-order valence-electron chi connectivity index (χ0n) is 11.9. The van der Waals surface area contributed by atoms with Crippen LogP contribution in [0.1, 0.15) is 47.6 Å². The number of hydrogen-bond donors (Lipinski definition) is 2. The number of piperidine rings is 1. The van der Waals surface area contributed by atoms with Gasteiger partial charge in [0, 0.05) is 24.2 Å². The van der Waals surface area contributed by atoms with E-state index in [-0.39, 0.29) is 5.76 Å². The number of furan rings is 1. The highest BCUT2D eigenvalue weighted by Crippen LogP contribution is 2.27. The molecule has 110 valence electrons. The number of carbonyl (C=O) groups is 1. The van der Waals surface area contributed by atoms with Crippen molar-refractivity contribution in [3.63, 3.8) is 0 Å². The average Bonchev–Trinajstić information content (AvgIpc) is 3.00. The molecular weight excluding hydrogens is 256 g/mol. The lowest BCUT2D eigenvalue weighted by molar-refractivity contribution is 0.0659. The fraction of sp³-hybridized carbons (Fsp3) is 0.667. The number of carboxylic acid groups (broad SMARTS) is 1.